The van der Waals surface area contributed by atoms with Crippen molar-refractivity contribution in [1.82, 2.24) is 9.38 Å². The molecule has 0 spiro atoms. The Morgan fingerprint density at radius 3 is 2.36 bits per heavy atom. The van der Waals surface area contributed by atoms with Crippen LogP contribution in [0.4, 0.5) is 0 Å². The van der Waals surface area contributed by atoms with Gasteiger partial charge in [0.1, 0.15) is 18.9 Å². The number of hydrogen-bond donors (Lipinski definition) is 0. The highest BCUT2D eigenvalue weighted by Gasteiger charge is 2.12. The van der Waals surface area contributed by atoms with Crippen molar-refractivity contribution in [2.24, 2.45) is 0 Å². The quantitative estimate of drug-likeness (QED) is 0.546. The van der Waals surface area contributed by atoms with Gasteiger partial charge in [0.25, 0.3) is 0 Å². The maximum Gasteiger partial charge on any atom is 0.161 e. The lowest BCUT2D eigenvalue weighted by Gasteiger charge is -2.19. The van der Waals surface area contributed by atoms with Gasteiger partial charge in [-0.05, 0) is 35.4 Å². The van der Waals surface area contributed by atoms with Gasteiger partial charge in [0.05, 0.1) is 5.69 Å². The molecule has 0 amide bonds. The molecule has 2 aromatic carbocycles. The fraction of sp³-hybridized carbons (Fsp3) is 0.0952. The number of rotatable bonds is 2. The van der Waals surface area contributed by atoms with Crippen molar-refractivity contribution in [2.45, 2.75) is 0 Å². The Morgan fingerprint density at radius 2 is 1.52 bits per heavy atom. The third-order valence-electron chi connectivity index (χ3n) is 4.42. The second-order valence-electron chi connectivity index (χ2n) is 6.03. The van der Waals surface area contributed by atoms with E-state index in [2.05, 4.69) is 41.5 Å². The maximum absolute atomic E-state index is 5.67. The number of ether oxygens (including phenoxy) is 2. The van der Waals surface area contributed by atoms with Crippen molar-refractivity contribution in [2.75, 3.05) is 13.2 Å². The summed E-state index contributed by atoms with van der Waals surface area (Å²) in [7, 11) is 0. The van der Waals surface area contributed by atoms with Crippen LogP contribution in [0.5, 0.6) is 11.5 Å². The SMILES string of the molecule is c1ccn2cc(-c3ccc(-c4ccc5c(c4)OCCO5)cc3)nc2c1. The lowest BCUT2D eigenvalue weighted by molar-refractivity contribution is 0.171. The Morgan fingerprint density at radius 1 is 0.760 bits per heavy atom. The van der Waals surface area contributed by atoms with Crippen LogP contribution in [0, 0.1) is 0 Å². The minimum atomic E-state index is 0.600. The first-order valence-electron chi connectivity index (χ1n) is 8.31. The number of imidazole rings is 1. The average molecular weight is 328 g/mol. The molecular weight excluding hydrogens is 312 g/mol. The molecule has 2 aromatic heterocycles. The van der Waals surface area contributed by atoms with Crippen LogP contribution in [0.15, 0.2) is 73.1 Å². The largest absolute Gasteiger partial charge is 0.486 e. The van der Waals surface area contributed by atoms with E-state index in [4.69, 9.17) is 9.47 Å². The molecule has 0 aliphatic carbocycles. The molecule has 0 atom stereocenters. The maximum atomic E-state index is 5.67. The standard InChI is InChI=1S/C21H16N2O2/c1-2-10-23-14-18(22-21(23)3-1)16-6-4-15(5-7-16)17-8-9-19-20(13-17)25-12-11-24-19/h1-10,13-14H,11-12H2. The van der Waals surface area contributed by atoms with Gasteiger partial charge in [-0.3, -0.25) is 0 Å². The Bertz CT molecular complexity index is 1020. The van der Waals surface area contributed by atoms with Gasteiger partial charge in [-0.1, -0.05) is 36.4 Å². The van der Waals surface area contributed by atoms with E-state index in [0.29, 0.717) is 13.2 Å². The molecule has 0 unspecified atom stereocenters. The zero-order valence-corrected chi connectivity index (χ0v) is 13.6. The molecule has 4 heteroatoms. The molecule has 4 nitrogen and oxygen atoms in total. The van der Waals surface area contributed by atoms with Crippen LogP contribution in [0.1, 0.15) is 0 Å². The Labute approximate surface area is 145 Å². The van der Waals surface area contributed by atoms with Gasteiger partial charge in [0.15, 0.2) is 11.5 Å². The van der Waals surface area contributed by atoms with Gasteiger partial charge in [0, 0.05) is 18.0 Å². The molecule has 0 fully saturated rings. The molecule has 0 saturated heterocycles. The first-order valence-corrected chi connectivity index (χ1v) is 8.31. The molecule has 0 N–H and O–H groups in total. The predicted octanol–water partition coefficient (Wildman–Crippen LogP) is 4.44. The summed E-state index contributed by atoms with van der Waals surface area (Å²) in [6, 6.07) is 20.5. The van der Waals surface area contributed by atoms with Gasteiger partial charge < -0.3 is 13.9 Å². The van der Waals surface area contributed by atoms with Crippen LogP contribution in [0.25, 0.3) is 28.0 Å². The highest BCUT2D eigenvalue weighted by molar-refractivity contribution is 5.71. The molecule has 4 aromatic rings. The monoisotopic (exact) mass is 328 g/mol. The third-order valence-corrected chi connectivity index (χ3v) is 4.42. The summed E-state index contributed by atoms with van der Waals surface area (Å²) in [4.78, 5) is 4.67. The molecule has 1 aliphatic heterocycles. The van der Waals surface area contributed by atoms with E-state index < -0.39 is 0 Å². The molecule has 1 aliphatic rings. The molecule has 0 bridgehead atoms. The Hall–Kier alpha value is -3.27. The Kier molecular flexibility index (Phi) is 3.20. The summed E-state index contributed by atoms with van der Waals surface area (Å²) in [5, 5.41) is 0. The van der Waals surface area contributed by atoms with Gasteiger partial charge in [-0.2, -0.15) is 0 Å². The molecule has 0 saturated carbocycles. The summed E-state index contributed by atoms with van der Waals surface area (Å²) < 4.78 is 13.3. The second-order valence-corrected chi connectivity index (χ2v) is 6.03. The third kappa shape index (κ3) is 2.52. The van der Waals surface area contributed by atoms with Gasteiger partial charge >= 0.3 is 0 Å². The van der Waals surface area contributed by atoms with E-state index in [1.54, 1.807) is 0 Å². The minimum absolute atomic E-state index is 0.600. The van der Waals surface area contributed by atoms with Crippen molar-refractivity contribution in [1.29, 1.82) is 0 Å². The molecular formula is C21H16N2O2. The lowest BCUT2D eigenvalue weighted by Crippen LogP contribution is -2.15. The summed E-state index contributed by atoms with van der Waals surface area (Å²) in [5.41, 5.74) is 5.29. The molecule has 122 valence electrons. The van der Waals surface area contributed by atoms with Crippen LogP contribution in [0.3, 0.4) is 0 Å². The molecule has 0 radical (unpaired) electrons. The van der Waals surface area contributed by atoms with Gasteiger partial charge in [-0.15, -0.1) is 0 Å². The van der Waals surface area contributed by atoms with Crippen molar-refractivity contribution in [3.63, 3.8) is 0 Å². The summed E-state index contributed by atoms with van der Waals surface area (Å²) in [5.74, 6) is 1.63. The van der Waals surface area contributed by atoms with E-state index >= 15 is 0 Å². The average Bonchev–Trinajstić information content (AvgIpc) is 3.12. The van der Waals surface area contributed by atoms with Crippen LogP contribution < -0.4 is 9.47 Å². The summed E-state index contributed by atoms with van der Waals surface area (Å²) in [6.45, 7) is 1.21. The first-order chi connectivity index (χ1) is 12.4. The van der Waals surface area contributed by atoms with E-state index in [0.717, 1.165) is 39.5 Å². The number of benzene rings is 2. The zero-order chi connectivity index (χ0) is 16.6. The number of aromatic nitrogens is 2. The minimum Gasteiger partial charge on any atom is -0.486 e. The highest BCUT2D eigenvalue weighted by Crippen LogP contribution is 2.35. The fourth-order valence-electron chi connectivity index (χ4n) is 3.13. The van der Waals surface area contributed by atoms with Crippen LogP contribution in [0.2, 0.25) is 0 Å². The number of fused-ring (bicyclic) bond motifs is 2. The molecule has 5 rings (SSSR count). The van der Waals surface area contributed by atoms with E-state index in [-0.39, 0.29) is 0 Å². The highest BCUT2D eigenvalue weighted by atomic mass is 16.6. The van der Waals surface area contributed by atoms with Crippen molar-refractivity contribution < 1.29 is 9.47 Å². The van der Waals surface area contributed by atoms with Crippen LogP contribution in [-0.4, -0.2) is 22.6 Å². The smallest absolute Gasteiger partial charge is 0.161 e. The Balaban J connectivity index is 1.48. The first kappa shape index (κ1) is 14.1. The number of nitrogens with zero attached hydrogens (tertiary/aromatic N) is 2. The number of hydrogen-bond acceptors (Lipinski definition) is 3. The number of pyridine rings is 1. The summed E-state index contributed by atoms with van der Waals surface area (Å²) >= 11 is 0. The van der Waals surface area contributed by atoms with Crippen LogP contribution >= 0.6 is 0 Å². The van der Waals surface area contributed by atoms with E-state index in [9.17, 15) is 0 Å². The van der Waals surface area contributed by atoms with Crippen LogP contribution in [-0.2, 0) is 0 Å². The van der Waals surface area contributed by atoms with Gasteiger partial charge in [0.2, 0.25) is 0 Å². The topological polar surface area (TPSA) is 35.8 Å². The second kappa shape index (κ2) is 5.67. The van der Waals surface area contributed by atoms with E-state index in [1.807, 2.05) is 40.9 Å². The lowest BCUT2D eigenvalue weighted by atomic mass is 10.0. The normalized spacial score (nSPS) is 13.1. The fourth-order valence-corrected chi connectivity index (χ4v) is 3.13. The summed E-state index contributed by atoms with van der Waals surface area (Å²) in [6.07, 6.45) is 4.06. The van der Waals surface area contributed by atoms with Gasteiger partial charge in [-0.25, -0.2) is 4.98 Å². The van der Waals surface area contributed by atoms with Crippen molar-refractivity contribution in [3.05, 3.63) is 73.1 Å². The predicted molar refractivity (Wildman–Crippen MR) is 97.1 cm³/mol. The van der Waals surface area contributed by atoms with Crippen molar-refractivity contribution >= 4 is 5.65 Å². The molecule has 3 heterocycles. The van der Waals surface area contributed by atoms with E-state index in [1.165, 1.54) is 0 Å². The zero-order valence-electron chi connectivity index (χ0n) is 13.6. The van der Waals surface area contributed by atoms with Crippen molar-refractivity contribution in [3.8, 4) is 33.9 Å². The molecule has 25 heavy (non-hydrogen) atoms.